The summed E-state index contributed by atoms with van der Waals surface area (Å²) in [5.74, 6) is 0. The van der Waals surface area contributed by atoms with Gasteiger partial charge in [-0.1, -0.05) is 25.5 Å². The summed E-state index contributed by atoms with van der Waals surface area (Å²) in [5, 5.41) is 28.6. The molecule has 0 aromatic heterocycles. The first-order valence-corrected chi connectivity index (χ1v) is 7.05. The number of aliphatic hydroxyl groups is 3. The summed E-state index contributed by atoms with van der Waals surface area (Å²) >= 11 is 0. The third-order valence-electron chi connectivity index (χ3n) is 3.14. The minimum Gasteiger partial charge on any atom is -0.388 e. The maximum Gasteiger partial charge on any atom is 0.114 e. The molecule has 0 bridgehead atoms. The molecule has 5 heteroatoms. The van der Waals surface area contributed by atoms with Gasteiger partial charge in [-0.15, -0.1) is 0 Å². The second kappa shape index (κ2) is 9.44. The van der Waals surface area contributed by atoms with E-state index in [1.807, 2.05) is 0 Å². The van der Waals surface area contributed by atoms with Crippen molar-refractivity contribution in [1.82, 2.24) is 0 Å². The molecule has 0 aromatic rings. The molecule has 0 saturated carbocycles. The highest BCUT2D eigenvalue weighted by molar-refractivity contribution is 4.87. The van der Waals surface area contributed by atoms with Crippen LogP contribution in [0, 0.1) is 0 Å². The molecule has 1 rings (SSSR count). The van der Waals surface area contributed by atoms with Gasteiger partial charge in [0.1, 0.15) is 24.4 Å². The van der Waals surface area contributed by atoms with Crippen molar-refractivity contribution in [2.75, 3.05) is 19.8 Å². The van der Waals surface area contributed by atoms with Gasteiger partial charge in [0.25, 0.3) is 0 Å². The number of aliphatic hydroxyl groups excluding tert-OH is 3. The van der Waals surface area contributed by atoms with Crippen LogP contribution in [-0.2, 0) is 9.47 Å². The average molecular weight is 274 g/mol. The first kappa shape index (κ1) is 16.6. The lowest BCUT2D eigenvalue weighted by molar-refractivity contribution is -0.0811. The van der Waals surface area contributed by atoms with Crippen molar-refractivity contribution in [3.63, 3.8) is 0 Å². The Bertz CT molecular complexity index is 256. The highest BCUT2D eigenvalue weighted by Crippen LogP contribution is 2.17. The SMILES string of the molecule is CCC/C=C/CCCOC[C@@H](O)[C@@H]1OC[C@H](O)[C@@H]1O. The molecule has 112 valence electrons. The Morgan fingerprint density at radius 2 is 2.05 bits per heavy atom. The van der Waals surface area contributed by atoms with E-state index in [2.05, 4.69) is 19.1 Å². The van der Waals surface area contributed by atoms with E-state index in [1.165, 1.54) is 0 Å². The molecule has 1 heterocycles. The fourth-order valence-corrected chi connectivity index (χ4v) is 1.97. The normalized spacial score (nSPS) is 29.2. The largest absolute Gasteiger partial charge is 0.388 e. The van der Waals surface area contributed by atoms with Crippen LogP contribution >= 0.6 is 0 Å². The maximum atomic E-state index is 9.77. The zero-order valence-electron chi connectivity index (χ0n) is 11.6. The minimum atomic E-state index is -1.03. The van der Waals surface area contributed by atoms with E-state index < -0.39 is 24.4 Å². The molecule has 0 spiro atoms. The van der Waals surface area contributed by atoms with Crippen molar-refractivity contribution in [2.45, 2.75) is 57.0 Å². The fourth-order valence-electron chi connectivity index (χ4n) is 1.97. The zero-order valence-corrected chi connectivity index (χ0v) is 11.6. The Morgan fingerprint density at radius 3 is 2.68 bits per heavy atom. The lowest BCUT2D eigenvalue weighted by Gasteiger charge is -2.20. The molecule has 0 radical (unpaired) electrons. The lowest BCUT2D eigenvalue weighted by atomic mass is 10.1. The molecule has 3 N–H and O–H groups in total. The molecule has 1 aliphatic rings. The summed E-state index contributed by atoms with van der Waals surface area (Å²) in [7, 11) is 0. The predicted octanol–water partition coefficient (Wildman–Crippen LogP) is 0.621. The van der Waals surface area contributed by atoms with Gasteiger partial charge in [0, 0.05) is 6.61 Å². The topological polar surface area (TPSA) is 79.2 Å². The van der Waals surface area contributed by atoms with Gasteiger partial charge in [0.05, 0.1) is 13.2 Å². The molecule has 4 atom stereocenters. The standard InChI is InChI=1S/C14H26O5/c1-2-3-4-5-6-7-8-18-9-12(16)14-13(17)11(15)10-19-14/h4-5,11-17H,2-3,6-10H2,1H3/b5-4+/t11-,12+,13-,14-/m0/s1. The monoisotopic (exact) mass is 274 g/mol. The molecule has 0 aliphatic carbocycles. The van der Waals surface area contributed by atoms with Crippen LogP contribution in [0.3, 0.4) is 0 Å². The second-order valence-corrected chi connectivity index (χ2v) is 4.90. The summed E-state index contributed by atoms with van der Waals surface area (Å²) in [5.41, 5.74) is 0. The van der Waals surface area contributed by atoms with Crippen molar-refractivity contribution in [1.29, 1.82) is 0 Å². The quantitative estimate of drug-likeness (QED) is 0.424. The predicted molar refractivity (Wildman–Crippen MR) is 71.9 cm³/mol. The Kier molecular flexibility index (Phi) is 8.25. The van der Waals surface area contributed by atoms with Gasteiger partial charge >= 0.3 is 0 Å². The Hall–Kier alpha value is -0.460. The van der Waals surface area contributed by atoms with Gasteiger partial charge in [-0.3, -0.25) is 0 Å². The van der Waals surface area contributed by atoms with Gasteiger partial charge in [0.15, 0.2) is 0 Å². The van der Waals surface area contributed by atoms with Crippen LogP contribution in [0.4, 0.5) is 0 Å². The van der Waals surface area contributed by atoms with Crippen molar-refractivity contribution in [3.05, 3.63) is 12.2 Å². The van der Waals surface area contributed by atoms with Crippen LogP contribution in [0.15, 0.2) is 12.2 Å². The Balaban J connectivity index is 2.03. The van der Waals surface area contributed by atoms with Crippen LogP contribution in [0.25, 0.3) is 0 Å². The number of rotatable bonds is 9. The smallest absolute Gasteiger partial charge is 0.114 e. The van der Waals surface area contributed by atoms with Crippen molar-refractivity contribution >= 4 is 0 Å². The number of hydrogen-bond donors (Lipinski definition) is 3. The highest BCUT2D eigenvalue weighted by atomic mass is 16.5. The fraction of sp³-hybridized carbons (Fsp3) is 0.857. The lowest BCUT2D eigenvalue weighted by Crippen LogP contribution is -2.40. The molecule has 5 nitrogen and oxygen atoms in total. The molecular formula is C14H26O5. The first-order chi connectivity index (χ1) is 9.16. The number of unbranched alkanes of at least 4 members (excludes halogenated alkanes) is 2. The first-order valence-electron chi connectivity index (χ1n) is 7.05. The van der Waals surface area contributed by atoms with Crippen molar-refractivity contribution < 1.29 is 24.8 Å². The van der Waals surface area contributed by atoms with E-state index in [1.54, 1.807) is 0 Å². The summed E-state index contributed by atoms with van der Waals surface area (Å²) in [6.07, 6.45) is 4.86. The van der Waals surface area contributed by atoms with Crippen molar-refractivity contribution in [2.24, 2.45) is 0 Å². The third-order valence-corrected chi connectivity index (χ3v) is 3.14. The highest BCUT2D eigenvalue weighted by Gasteiger charge is 2.39. The van der Waals surface area contributed by atoms with Crippen LogP contribution in [0.5, 0.6) is 0 Å². The molecule has 1 aliphatic heterocycles. The second-order valence-electron chi connectivity index (χ2n) is 4.90. The molecule has 19 heavy (non-hydrogen) atoms. The van der Waals surface area contributed by atoms with Crippen LogP contribution in [0.2, 0.25) is 0 Å². The Morgan fingerprint density at radius 1 is 1.32 bits per heavy atom. The summed E-state index contributed by atoms with van der Waals surface area (Å²) < 4.78 is 10.5. The van der Waals surface area contributed by atoms with E-state index in [-0.39, 0.29) is 13.2 Å². The van der Waals surface area contributed by atoms with Crippen LogP contribution < -0.4 is 0 Å². The number of hydrogen-bond acceptors (Lipinski definition) is 5. The zero-order chi connectivity index (χ0) is 14.1. The summed E-state index contributed by atoms with van der Waals surface area (Å²) in [4.78, 5) is 0. The molecule has 0 aromatic carbocycles. The van der Waals surface area contributed by atoms with Gasteiger partial charge in [-0.05, 0) is 19.3 Å². The van der Waals surface area contributed by atoms with Crippen LogP contribution in [0.1, 0.15) is 32.6 Å². The molecule has 1 saturated heterocycles. The van der Waals surface area contributed by atoms with Gasteiger partial charge in [0.2, 0.25) is 0 Å². The van der Waals surface area contributed by atoms with E-state index in [0.717, 1.165) is 25.7 Å². The van der Waals surface area contributed by atoms with Gasteiger partial charge in [-0.2, -0.15) is 0 Å². The van der Waals surface area contributed by atoms with E-state index in [4.69, 9.17) is 9.47 Å². The third kappa shape index (κ3) is 6.01. The maximum absolute atomic E-state index is 9.77. The van der Waals surface area contributed by atoms with Gasteiger partial charge in [-0.25, -0.2) is 0 Å². The molecule has 0 amide bonds. The van der Waals surface area contributed by atoms with Crippen molar-refractivity contribution in [3.8, 4) is 0 Å². The van der Waals surface area contributed by atoms with E-state index in [0.29, 0.717) is 6.61 Å². The number of allylic oxidation sites excluding steroid dienone is 2. The summed E-state index contributed by atoms with van der Waals surface area (Å²) in [6.45, 7) is 2.89. The van der Waals surface area contributed by atoms with Crippen LogP contribution in [-0.4, -0.2) is 59.6 Å². The molecule has 0 unspecified atom stereocenters. The van der Waals surface area contributed by atoms with Gasteiger partial charge < -0.3 is 24.8 Å². The molecular weight excluding hydrogens is 248 g/mol. The minimum absolute atomic E-state index is 0.0606. The summed E-state index contributed by atoms with van der Waals surface area (Å²) in [6, 6.07) is 0. The molecule has 1 fully saturated rings. The average Bonchev–Trinajstić information content (AvgIpc) is 2.73. The number of ether oxygens (including phenoxy) is 2. The Labute approximate surface area is 114 Å². The van der Waals surface area contributed by atoms with E-state index >= 15 is 0 Å². The van der Waals surface area contributed by atoms with E-state index in [9.17, 15) is 15.3 Å².